The van der Waals surface area contributed by atoms with Gasteiger partial charge in [0.25, 0.3) is 0 Å². The zero-order valence-electron chi connectivity index (χ0n) is 10.9. The van der Waals surface area contributed by atoms with Crippen LogP contribution in [-0.2, 0) is 6.42 Å². The molecule has 1 saturated carbocycles. The minimum Gasteiger partial charge on any atom is -0.441 e. The third kappa shape index (κ3) is 3.17. The number of aryl methyl sites for hydroxylation is 1. The fourth-order valence-electron chi connectivity index (χ4n) is 2.03. The first-order valence-electron chi connectivity index (χ1n) is 6.67. The average Bonchev–Trinajstić information content (AvgIpc) is 3.10. The molecule has 0 aliphatic heterocycles. The predicted molar refractivity (Wildman–Crippen MR) is 76.4 cm³/mol. The van der Waals surface area contributed by atoms with E-state index in [4.69, 9.17) is 16.0 Å². The SMILES string of the molecule is Cc1cc(-c2cnc(CCNC3CC3)o2)ccc1Cl. The second-order valence-electron chi connectivity index (χ2n) is 5.06. The number of benzene rings is 1. The van der Waals surface area contributed by atoms with E-state index in [0.29, 0.717) is 0 Å². The van der Waals surface area contributed by atoms with Crippen LogP contribution in [-0.4, -0.2) is 17.6 Å². The standard InChI is InChI=1S/C15H17ClN2O/c1-10-8-11(2-5-13(10)16)14-9-18-15(19-14)6-7-17-12-3-4-12/h2,5,8-9,12,17H,3-4,6-7H2,1H3. The first-order chi connectivity index (χ1) is 9.22. The molecule has 0 radical (unpaired) electrons. The summed E-state index contributed by atoms with van der Waals surface area (Å²) in [7, 11) is 0. The van der Waals surface area contributed by atoms with Gasteiger partial charge in [0.05, 0.1) is 6.20 Å². The molecule has 2 aromatic rings. The third-order valence-corrected chi connectivity index (χ3v) is 3.77. The van der Waals surface area contributed by atoms with Crippen LogP contribution in [0, 0.1) is 6.92 Å². The van der Waals surface area contributed by atoms with Crippen LogP contribution in [0.1, 0.15) is 24.3 Å². The van der Waals surface area contributed by atoms with Crippen LogP contribution in [0.2, 0.25) is 5.02 Å². The molecule has 0 spiro atoms. The number of hydrogen-bond acceptors (Lipinski definition) is 3. The molecule has 0 bridgehead atoms. The molecule has 1 aromatic heterocycles. The molecule has 0 atom stereocenters. The monoisotopic (exact) mass is 276 g/mol. The van der Waals surface area contributed by atoms with Crippen molar-refractivity contribution in [1.82, 2.24) is 10.3 Å². The number of rotatable bonds is 5. The molecule has 4 heteroatoms. The van der Waals surface area contributed by atoms with E-state index < -0.39 is 0 Å². The van der Waals surface area contributed by atoms with Gasteiger partial charge in [0.2, 0.25) is 0 Å². The van der Waals surface area contributed by atoms with Crippen LogP contribution in [0.4, 0.5) is 0 Å². The molecule has 100 valence electrons. The third-order valence-electron chi connectivity index (χ3n) is 3.35. The van der Waals surface area contributed by atoms with Crippen molar-refractivity contribution in [3.8, 4) is 11.3 Å². The minimum atomic E-state index is 0.730. The molecule has 1 aliphatic carbocycles. The minimum absolute atomic E-state index is 0.730. The Morgan fingerprint density at radius 1 is 1.42 bits per heavy atom. The highest BCUT2D eigenvalue weighted by molar-refractivity contribution is 6.31. The van der Waals surface area contributed by atoms with Gasteiger partial charge >= 0.3 is 0 Å². The van der Waals surface area contributed by atoms with Crippen LogP contribution in [0.15, 0.2) is 28.8 Å². The normalized spacial score (nSPS) is 14.8. The summed E-state index contributed by atoms with van der Waals surface area (Å²) in [5, 5.41) is 4.23. The van der Waals surface area contributed by atoms with Crippen LogP contribution in [0.5, 0.6) is 0 Å². The van der Waals surface area contributed by atoms with Gasteiger partial charge in [-0.2, -0.15) is 0 Å². The molecule has 3 nitrogen and oxygen atoms in total. The van der Waals surface area contributed by atoms with Gasteiger partial charge in [0.15, 0.2) is 11.7 Å². The van der Waals surface area contributed by atoms with Gasteiger partial charge in [-0.25, -0.2) is 4.98 Å². The van der Waals surface area contributed by atoms with Crippen molar-refractivity contribution < 1.29 is 4.42 Å². The van der Waals surface area contributed by atoms with E-state index in [-0.39, 0.29) is 0 Å². The van der Waals surface area contributed by atoms with E-state index in [1.165, 1.54) is 12.8 Å². The molecule has 0 unspecified atom stereocenters. The Hall–Kier alpha value is -1.32. The molecular weight excluding hydrogens is 260 g/mol. The molecule has 1 fully saturated rings. The van der Waals surface area contributed by atoms with Crippen LogP contribution >= 0.6 is 11.6 Å². The summed E-state index contributed by atoms with van der Waals surface area (Å²) in [6.45, 7) is 2.92. The van der Waals surface area contributed by atoms with E-state index in [9.17, 15) is 0 Å². The van der Waals surface area contributed by atoms with Crippen molar-refractivity contribution in [1.29, 1.82) is 0 Å². The Bertz CT molecular complexity index is 575. The first kappa shape index (κ1) is 12.7. The summed E-state index contributed by atoms with van der Waals surface area (Å²) in [6, 6.07) is 6.61. The number of hydrogen-bond donors (Lipinski definition) is 1. The fraction of sp³-hybridized carbons (Fsp3) is 0.400. The summed E-state index contributed by atoms with van der Waals surface area (Å²) in [5.41, 5.74) is 2.07. The van der Waals surface area contributed by atoms with Gasteiger partial charge in [-0.3, -0.25) is 0 Å². The van der Waals surface area contributed by atoms with Crippen molar-refractivity contribution in [3.05, 3.63) is 40.9 Å². The Morgan fingerprint density at radius 2 is 2.26 bits per heavy atom. The second-order valence-corrected chi connectivity index (χ2v) is 5.47. The van der Waals surface area contributed by atoms with Gasteiger partial charge in [-0.1, -0.05) is 11.6 Å². The highest BCUT2D eigenvalue weighted by Crippen LogP contribution is 2.25. The topological polar surface area (TPSA) is 38.1 Å². The van der Waals surface area contributed by atoms with Crippen LogP contribution in [0.25, 0.3) is 11.3 Å². The first-order valence-corrected chi connectivity index (χ1v) is 7.05. The molecular formula is C15H17ClN2O. The molecule has 0 amide bonds. The smallest absolute Gasteiger partial charge is 0.196 e. The lowest BCUT2D eigenvalue weighted by Gasteiger charge is -2.01. The zero-order chi connectivity index (χ0) is 13.2. The molecule has 0 saturated heterocycles. The van der Waals surface area contributed by atoms with Gasteiger partial charge in [-0.15, -0.1) is 0 Å². The van der Waals surface area contributed by atoms with E-state index >= 15 is 0 Å². The summed E-state index contributed by atoms with van der Waals surface area (Å²) >= 11 is 6.02. The molecule has 1 aromatic carbocycles. The van der Waals surface area contributed by atoms with E-state index in [2.05, 4.69) is 10.3 Å². The largest absolute Gasteiger partial charge is 0.441 e. The Kier molecular flexibility index (Phi) is 3.58. The lowest BCUT2D eigenvalue weighted by atomic mass is 10.1. The summed E-state index contributed by atoms with van der Waals surface area (Å²) in [6.07, 6.45) is 5.24. The molecule has 1 heterocycles. The maximum Gasteiger partial charge on any atom is 0.196 e. The lowest BCUT2D eigenvalue weighted by molar-refractivity contribution is 0.494. The zero-order valence-corrected chi connectivity index (χ0v) is 11.7. The van der Waals surface area contributed by atoms with Crippen molar-refractivity contribution >= 4 is 11.6 Å². The maximum absolute atomic E-state index is 6.02. The van der Waals surface area contributed by atoms with Crippen molar-refractivity contribution in [2.45, 2.75) is 32.2 Å². The molecule has 1 aliphatic rings. The Morgan fingerprint density at radius 3 is 3.00 bits per heavy atom. The van der Waals surface area contributed by atoms with Crippen molar-refractivity contribution in [2.75, 3.05) is 6.54 Å². The van der Waals surface area contributed by atoms with E-state index in [1.807, 2.05) is 25.1 Å². The predicted octanol–water partition coefficient (Wildman–Crippen LogP) is 3.60. The van der Waals surface area contributed by atoms with Gasteiger partial charge in [-0.05, 0) is 43.5 Å². The number of oxazole rings is 1. The highest BCUT2D eigenvalue weighted by Gasteiger charge is 2.20. The Labute approximate surface area is 118 Å². The number of nitrogens with zero attached hydrogens (tertiary/aromatic N) is 1. The second kappa shape index (κ2) is 5.35. The van der Waals surface area contributed by atoms with Gasteiger partial charge in [0.1, 0.15) is 0 Å². The van der Waals surface area contributed by atoms with E-state index in [1.54, 1.807) is 6.20 Å². The lowest BCUT2D eigenvalue weighted by Crippen LogP contribution is -2.19. The van der Waals surface area contributed by atoms with Crippen LogP contribution < -0.4 is 5.32 Å². The maximum atomic E-state index is 6.02. The fourth-order valence-corrected chi connectivity index (χ4v) is 2.15. The average molecular weight is 277 g/mol. The number of nitrogens with one attached hydrogen (secondary N) is 1. The van der Waals surface area contributed by atoms with Gasteiger partial charge < -0.3 is 9.73 Å². The highest BCUT2D eigenvalue weighted by atomic mass is 35.5. The van der Waals surface area contributed by atoms with E-state index in [0.717, 1.165) is 46.8 Å². The van der Waals surface area contributed by atoms with Crippen molar-refractivity contribution in [2.24, 2.45) is 0 Å². The van der Waals surface area contributed by atoms with Crippen molar-refractivity contribution in [3.63, 3.8) is 0 Å². The summed E-state index contributed by atoms with van der Waals surface area (Å²) in [4.78, 5) is 4.32. The quantitative estimate of drug-likeness (QED) is 0.907. The van der Waals surface area contributed by atoms with Gasteiger partial charge in [0, 0.05) is 29.6 Å². The van der Waals surface area contributed by atoms with Crippen LogP contribution in [0.3, 0.4) is 0 Å². The number of halogens is 1. The number of aromatic nitrogens is 1. The summed E-state index contributed by atoms with van der Waals surface area (Å²) in [5.74, 6) is 1.59. The summed E-state index contributed by atoms with van der Waals surface area (Å²) < 4.78 is 5.77. The molecule has 3 rings (SSSR count). The molecule has 19 heavy (non-hydrogen) atoms. The molecule has 1 N–H and O–H groups in total. The Balaban J connectivity index is 1.67.